The summed E-state index contributed by atoms with van der Waals surface area (Å²) in [5.74, 6) is -0.285. The van der Waals surface area contributed by atoms with Gasteiger partial charge in [-0.15, -0.1) is 0 Å². The molecule has 0 spiro atoms. The Balaban J connectivity index is 2.42. The van der Waals surface area contributed by atoms with Crippen molar-refractivity contribution in [2.45, 2.75) is 0 Å². The van der Waals surface area contributed by atoms with Gasteiger partial charge in [0.15, 0.2) is 5.78 Å². The molecule has 0 fully saturated rings. The van der Waals surface area contributed by atoms with Gasteiger partial charge in [0.25, 0.3) is 5.69 Å². The summed E-state index contributed by atoms with van der Waals surface area (Å²) in [5.41, 5.74) is 0.554. The molecular weight excluding hydrogens is 334 g/mol. The van der Waals surface area contributed by atoms with Gasteiger partial charge in [0.1, 0.15) is 0 Å². The minimum Gasteiger partial charge on any atom is -0.289 e. The lowest BCUT2D eigenvalue weighted by molar-refractivity contribution is -0.385. The second-order valence-electron chi connectivity index (χ2n) is 3.76. The third kappa shape index (κ3) is 3.00. The standard InChI is InChI=1S/C13H7BrClNO3/c14-11-6-3-9(7-12(11)16(18)19)13(17)8-1-4-10(15)5-2-8/h1-7H. The van der Waals surface area contributed by atoms with Crippen molar-refractivity contribution < 1.29 is 9.72 Å². The van der Waals surface area contributed by atoms with E-state index in [2.05, 4.69) is 15.9 Å². The zero-order valence-corrected chi connectivity index (χ0v) is 11.8. The Morgan fingerprint density at radius 3 is 2.26 bits per heavy atom. The van der Waals surface area contributed by atoms with Crippen LogP contribution in [0.25, 0.3) is 0 Å². The van der Waals surface area contributed by atoms with E-state index >= 15 is 0 Å². The molecule has 0 aromatic heterocycles. The monoisotopic (exact) mass is 339 g/mol. The van der Waals surface area contributed by atoms with Crippen molar-refractivity contribution in [2.75, 3.05) is 0 Å². The summed E-state index contributed by atoms with van der Waals surface area (Å²) in [6.45, 7) is 0. The van der Waals surface area contributed by atoms with Gasteiger partial charge in [-0.25, -0.2) is 0 Å². The van der Waals surface area contributed by atoms with Crippen LogP contribution in [0.1, 0.15) is 15.9 Å². The zero-order valence-electron chi connectivity index (χ0n) is 9.47. The van der Waals surface area contributed by atoms with Crippen molar-refractivity contribution in [3.8, 4) is 0 Å². The van der Waals surface area contributed by atoms with Crippen LogP contribution >= 0.6 is 27.5 Å². The Kier molecular flexibility index (Phi) is 3.97. The first-order valence-corrected chi connectivity index (χ1v) is 6.40. The van der Waals surface area contributed by atoms with Crippen LogP contribution in [0.3, 0.4) is 0 Å². The second-order valence-corrected chi connectivity index (χ2v) is 5.05. The smallest absolute Gasteiger partial charge is 0.284 e. The Labute approximate surface area is 122 Å². The fourth-order valence-electron chi connectivity index (χ4n) is 1.56. The van der Waals surface area contributed by atoms with E-state index in [0.717, 1.165) is 0 Å². The van der Waals surface area contributed by atoms with E-state index in [4.69, 9.17) is 11.6 Å². The van der Waals surface area contributed by atoms with E-state index in [0.29, 0.717) is 15.1 Å². The number of nitro benzene ring substituents is 1. The molecule has 0 saturated heterocycles. The molecule has 0 aliphatic heterocycles. The highest BCUT2D eigenvalue weighted by Gasteiger charge is 2.16. The van der Waals surface area contributed by atoms with Crippen LogP contribution in [-0.4, -0.2) is 10.7 Å². The van der Waals surface area contributed by atoms with Crippen molar-refractivity contribution in [1.29, 1.82) is 0 Å². The van der Waals surface area contributed by atoms with Gasteiger partial charge in [0, 0.05) is 22.2 Å². The molecule has 2 aromatic rings. The zero-order chi connectivity index (χ0) is 14.0. The highest BCUT2D eigenvalue weighted by Crippen LogP contribution is 2.26. The number of carbonyl (C=O) groups excluding carboxylic acids is 1. The van der Waals surface area contributed by atoms with Crippen molar-refractivity contribution in [1.82, 2.24) is 0 Å². The summed E-state index contributed by atoms with van der Waals surface area (Å²) < 4.78 is 0.338. The predicted molar refractivity (Wildman–Crippen MR) is 75.7 cm³/mol. The molecule has 0 bridgehead atoms. The van der Waals surface area contributed by atoms with E-state index < -0.39 is 4.92 Å². The van der Waals surface area contributed by atoms with Crippen LogP contribution < -0.4 is 0 Å². The van der Waals surface area contributed by atoms with Gasteiger partial charge in [-0.2, -0.15) is 0 Å². The molecule has 2 rings (SSSR count). The molecule has 0 saturated carbocycles. The number of nitrogens with zero attached hydrogens (tertiary/aromatic N) is 1. The second kappa shape index (κ2) is 5.50. The van der Waals surface area contributed by atoms with Crippen molar-refractivity contribution in [3.63, 3.8) is 0 Å². The molecule has 96 valence electrons. The SMILES string of the molecule is O=C(c1ccc(Cl)cc1)c1ccc(Br)c([N+](=O)[O-])c1. The first kappa shape index (κ1) is 13.7. The lowest BCUT2D eigenvalue weighted by Gasteiger charge is -2.02. The maximum absolute atomic E-state index is 12.2. The molecule has 0 heterocycles. The summed E-state index contributed by atoms with van der Waals surface area (Å²) >= 11 is 8.82. The first-order valence-electron chi connectivity index (χ1n) is 5.23. The summed E-state index contributed by atoms with van der Waals surface area (Å²) in [7, 11) is 0. The van der Waals surface area contributed by atoms with Crippen LogP contribution in [0, 0.1) is 10.1 Å². The van der Waals surface area contributed by atoms with Crippen LogP contribution in [0.5, 0.6) is 0 Å². The molecule has 19 heavy (non-hydrogen) atoms. The third-order valence-corrected chi connectivity index (χ3v) is 3.43. The highest BCUT2D eigenvalue weighted by molar-refractivity contribution is 9.10. The Hall–Kier alpha value is -1.72. The third-order valence-electron chi connectivity index (χ3n) is 2.51. The lowest BCUT2D eigenvalue weighted by atomic mass is 10.0. The molecule has 0 N–H and O–H groups in total. The van der Waals surface area contributed by atoms with Gasteiger partial charge < -0.3 is 0 Å². The Morgan fingerprint density at radius 2 is 1.68 bits per heavy atom. The normalized spacial score (nSPS) is 10.2. The number of halogens is 2. The van der Waals surface area contributed by atoms with E-state index in [1.54, 1.807) is 24.3 Å². The van der Waals surface area contributed by atoms with E-state index in [1.807, 2.05) is 0 Å². The van der Waals surface area contributed by atoms with Crippen molar-refractivity contribution >= 4 is 39.0 Å². The molecule has 6 heteroatoms. The van der Waals surface area contributed by atoms with Gasteiger partial charge in [-0.1, -0.05) is 11.6 Å². The predicted octanol–water partition coefficient (Wildman–Crippen LogP) is 4.24. The Bertz CT molecular complexity index is 655. The molecule has 0 unspecified atom stereocenters. The van der Waals surface area contributed by atoms with Gasteiger partial charge in [-0.3, -0.25) is 14.9 Å². The average molecular weight is 341 g/mol. The van der Waals surface area contributed by atoms with Crippen LogP contribution in [0.4, 0.5) is 5.69 Å². The molecule has 2 aromatic carbocycles. The van der Waals surface area contributed by atoms with Gasteiger partial charge in [0.2, 0.25) is 0 Å². The van der Waals surface area contributed by atoms with Gasteiger partial charge >= 0.3 is 0 Å². The molecule has 0 amide bonds. The molecule has 0 aliphatic carbocycles. The fraction of sp³-hybridized carbons (Fsp3) is 0. The van der Waals surface area contributed by atoms with Crippen molar-refractivity contribution in [2.24, 2.45) is 0 Å². The number of carbonyl (C=O) groups is 1. The highest BCUT2D eigenvalue weighted by atomic mass is 79.9. The quantitative estimate of drug-likeness (QED) is 0.477. The Morgan fingerprint density at radius 1 is 1.11 bits per heavy atom. The maximum Gasteiger partial charge on any atom is 0.284 e. The van der Waals surface area contributed by atoms with Crippen molar-refractivity contribution in [3.05, 3.63) is 73.2 Å². The molecule has 4 nitrogen and oxygen atoms in total. The summed E-state index contributed by atoms with van der Waals surface area (Å²) in [6, 6.07) is 10.6. The number of nitro groups is 1. The minimum atomic E-state index is -0.539. The first-order chi connectivity index (χ1) is 8.99. The van der Waals surface area contributed by atoms with Gasteiger partial charge in [-0.05, 0) is 52.3 Å². The molecular formula is C13H7BrClNO3. The van der Waals surface area contributed by atoms with E-state index in [1.165, 1.54) is 18.2 Å². The number of rotatable bonds is 3. The largest absolute Gasteiger partial charge is 0.289 e. The number of hydrogen-bond donors (Lipinski definition) is 0. The number of ketones is 1. The summed E-state index contributed by atoms with van der Waals surface area (Å²) in [4.78, 5) is 22.4. The number of benzene rings is 2. The topological polar surface area (TPSA) is 60.2 Å². The number of hydrogen-bond acceptors (Lipinski definition) is 3. The van der Waals surface area contributed by atoms with Gasteiger partial charge in [0.05, 0.1) is 9.40 Å². The van der Waals surface area contributed by atoms with E-state index in [-0.39, 0.29) is 17.0 Å². The molecule has 0 atom stereocenters. The van der Waals surface area contributed by atoms with Crippen LogP contribution in [0.2, 0.25) is 5.02 Å². The molecule has 0 aliphatic rings. The van der Waals surface area contributed by atoms with Crippen LogP contribution in [0.15, 0.2) is 46.9 Å². The minimum absolute atomic E-state index is 0.139. The molecule has 0 radical (unpaired) electrons. The van der Waals surface area contributed by atoms with Crippen LogP contribution in [-0.2, 0) is 0 Å². The fourth-order valence-corrected chi connectivity index (χ4v) is 2.08. The van der Waals surface area contributed by atoms with E-state index in [9.17, 15) is 14.9 Å². The lowest BCUT2D eigenvalue weighted by Crippen LogP contribution is -2.02. The average Bonchev–Trinajstić information content (AvgIpc) is 2.39. The summed E-state index contributed by atoms with van der Waals surface area (Å²) in [6.07, 6.45) is 0. The summed E-state index contributed by atoms with van der Waals surface area (Å²) in [5, 5.41) is 11.4. The maximum atomic E-state index is 12.2.